The van der Waals surface area contributed by atoms with Gasteiger partial charge >= 0.3 is 0 Å². The highest BCUT2D eigenvalue weighted by Gasteiger charge is 2.18. The van der Waals surface area contributed by atoms with Crippen molar-refractivity contribution in [1.82, 2.24) is 5.32 Å². The van der Waals surface area contributed by atoms with Gasteiger partial charge in [0, 0.05) is 5.56 Å². The highest BCUT2D eigenvalue weighted by molar-refractivity contribution is 7.92. The second-order valence-electron chi connectivity index (χ2n) is 5.36. The van der Waals surface area contributed by atoms with E-state index >= 15 is 0 Å². The van der Waals surface area contributed by atoms with E-state index in [4.69, 9.17) is 4.74 Å². The number of methoxy groups -OCH3 is 1. The number of sulfonamides is 1. The van der Waals surface area contributed by atoms with E-state index < -0.39 is 10.0 Å². The van der Waals surface area contributed by atoms with Crippen LogP contribution in [0.15, 0.2) is 48.5 Å². The van der Waals surface area contributed by atoms with Gasteiger partial charge in [-0.15, -0.1) is 0 Å². The van der Waals surface area contributed by atoms with Crippen molar-refractivity contribution in [3.63, 3.8) is 0 Å². The zero-order chi connectivity index (χ0) is 17.7. The Balaban J connectivity index is 2.24. The number of hydrogen-bond donors (Lipinski definition) is 2. The van der Waals surface area contributed by atoms with Crippen LogP contribution in [0.5, 0.6) is 5.75 Å². The Morgan fingerprint density at radius 2 is 1.71 bits per heavy atom. The number of para-hydroxylation sites is 2. The molecule has 0 aromatic heterocycles. The molecule has 0 aliphatic rings. The zero-order valence-electron chi connectivity index (χ0n) is 13.7. The van der Waals surface area contributed by atoms with Crippen LogP contribution in [0.3, 0.4) is 0 Å². The average Bonchev–Trinajstić information content (AvgIpc) is 2.53. The first-order valence-corrected chi connectivity index (χ1v) is 9.21. The van der Waals surface area contributed by atoms with Crippen LogP contribution in [0.4, 0.5) is 5.69 Å². The van der Waals surface area contributed by atoms with Crippen molar-refractivity contribution in [1.29, 1.82) is 0 Å². The minimum absolute atomic E-state index is 0.240. The predicted molar refractivity (Wildman–Crippen MR) is 93.8 cm³/mol. The number of nitrogens with one attached hydrogen (secondary N) is 2. The molecule has 1 atom stereocenters. The van der Waals surface area contributed by atoms with E-state index in [1.165, 1.54) is 0 Å². The van der Waals surface area contributed by atoms with Crippen LogP contribution in [0, 0.1) is 0 Å². The summed E-state index contributed by atoms with van der Waals surface area (Å²) in [6.07, 6.45) is 1.04. The molecule has 0 saturated carbocycles. The lowest BCUT2D eigenvalue weighted by molar-refractivity contribution is 0.0940. The second kappa shape index (κ2) is 7.35. The summed E-state index contributed by atoms with van der Waals surface area (Å²) in [6.45, 7) is 1.84. The van der Waals surface area contributed by atoms with Gasteiger partial charge in [0.05, 0.1) is 30.7 Å². The number of hydrogen-bond acceptors (Lipinski definition) is 4. The molecule has 7 heteroatoms. The molecule has 0 heterocycles. The van der Waals surface area contributed by atoms with E-state index in [0.717, 1.165) is 11.8 Å². The topological polar surface area (TPSA) is 84.5 Å². The molecule has 6 nitrogen and oxygen atoms in total. The van der Waals surface area contributed by atoms with Gasteiger partial charge in [0.15, 0.2) is 0 Å². The molecule has 0 saturated heterocycles. The fourth-order valence-electron chi connectivity index (χ4n) is 2.35. The number of carbonyl (C=O) groups excluding carboxylic acids is 1. The van der Waals surface area contributed by atoms with Crippen molar-refractivity contribution in [2.75, 3.05) is 18.1 Å². The van der Waals surface area contributed by atoms with Gasteiger partial charge < -0.3 is 10.1 Å². The van der Waals surface area contributed by atoms with Crippen LogP contribution in [-0.4, -0.2) is 27.7 Å². The number of ether oxygens (including phenoxy) is 1. The summed E-state index contributed by atoms with van der Waals surface area (Å²) in [5.74, 6) is 0.299. The van der Waals surface area contributed by atoms with E-state index in [1.54, 1.807) is 31.4 Å². The molecule has 0 fully saturated rings. The Bertz CT molecular complexity index is 834. The minimum atomic E-state index is -3.47. The highest BCUT2D eigenvalue weighted by Crippen LogP contribution is 2.25. The molecule has 0 spiro atoms. The minimum Gasteiger partial charge on any atom is -0.496 e. The maximum absolute atomic E-state index is 12.5. The maximum Gasteiger partial charge on any atom is 0.253 e. The molecule has 2 aromatic carbocycles. The molecule has 0 bridgehead atoms. The molecular weight excluding hydrogens is 328 g/mol. The van der Waals surface area contributed by atoms with Gasteiger partial charge in [-0.05, 0) is 25.1 Å². The third-order valence-electron chi connectivity index (χ3n) is 3.42. The molecule has 0 aliphatic heterocycles. The van der Waals surface area contributed by atoms with Crippen LogP contribution in [-0.2, 0) is 10.0 Å². The van der Waals surface area contributed by atoms with Crippen molar-refractivity contribution in [3.8, 4) is 5.75 Å². The molecule has 2 aromatic rings. The number of benzene rings is 2. The van der Waals surface area contributed by atoms with E-state index in [9.17, 15) is 13.2 Å². The molecule has 2 rings (SSSR count). The number of carbonyl (C=O) groups is 1. The quantitative estimate of drug-likeness (QED) is 0.840. The molecule has 24 heavy (non-hydrogen) atoms. The average molecular weight is 348 g/mol. The van der Waals surface area contributed by atoms with Gasteiger partial charge in [-0.3, -0.25) is 9.52 Å². The van der Waals surface area contributed by atoms with Gasteiger partial charge in [0.1, 0.15) is 5.75 Å². The summed E-state index contributed by atoms with van der Waals surface area (Å²) in [5.41, 5.74) is 1.33. The first-order chi connectivity index (χ1) is 11.3. The lowest BCUT2D eigenvalue weighted by atomic mass is 10.1. The highest BCUT2D eigenvalue weighted by atomic mass is 32.2. The summed E-state index contributed by atoms with van der Waals surface area (Å²) in [4.78, 5) is 12.5. The summed E-state index contributed by atoms with van der Waals surface area (Å²) in [7, 11) is -1.91. The molecule has 2 N–H and O–H groups in total. The van der Waals surface area contributed by atoms with Crippen LogP contribution < -0.4 is 14.8 Å². The van der Waals surface area contributed by atoms with Gasteiger partial charge in [-0.2, -0.15) is 0 Å². The van der Waals surface area contributed by atoms with Crippen LogP contribution >= 0.6 is 0 Å². The van der Waals surface area contributed by atoms with Crippen LogP contribution in [0.1, 0.15) is 28.9 Å². The van der Waals surface area contributed by atoms with Crippen molar-refractivity contribution in [2.45, 2.75) is 13.0 Å². The van der Waals surface area contributed by atoms with Crippen molar-refractivity contribution < 1.29 is 17.9 Å². The maximum atomic E-state index is 12.5. The van der Waals surface area contributed by atoms with Gasteiger partial charge in [0.2, 0.25) is 10.0 Å². The second-order valence-corrected chi connectivity index (χ2v) is 7.11. The Kier molecular flexibility index (Phi) is 5.46. The first kappa shape index (κ1) is 17.8. The lowest BCUT2D eigenvalue weighted by Crippen LogP contribution is -2.28. The first-order valence-electron chi connectivity index (χ1n) is 7.32. The Labute approximate surface area is 141 Å². The molecular formula is C17H20N2O4S. The fourth-order valence-corrected chi connectivity index (χ4v) is 2.92. The number of amides is 1. The van der Waals surface area contributed by atoms with Gasteiger partial charge in [-0.1, -0.05) is 30.3 Å². The van der Waals surface area contributed by atoms with Gasteiger partial charge in [0.25, 0.3) is 5.91 Å². The van der Waals surface area contributed by atoms with E-state index in [2.05, 4.69) is 10.0 Å². The third kappa shape index (κ3) is 4.48. The predicted octanol–water partition coefficient (Wildman–Crippen LogP) is 2.56. The summed E-state index contributed by atoms with van der Waals surface area (Å²) in [6, 6.07) is 13.5. The van der Waals surface area contributed by atoms with Crippen molar-refractivity contribution in [2.24, 2.45) is 0 Å². The van der Waals surface area contributed by atoms with Gasteiger partial charge in [-0.25, -0.2) is 8.42 Å². The lowest BCUT2D eigenvalue weighted by Gasteiger charge is -2.18. The Hall–Kier alpha value is -2.54. The van der Waals surface area contributed by atoms with Crippen molar-refractivity contribution >= 4 is 21.6 Å². The van der Waals surface area contributed by atoms with Crippen molar-refractivity contribution in [3.05, 3.63) is 59.7 Å². The summed E-state index contributed by atoms with van der Waals surface area (Å²) in [5, 5.41) is 2.86. The fraction of sp³-hybridized carbons (Fsp3) is 0.235. The zero-order valence-corrected chi connectivity index (χ0v) is 14.6. The summed E-state index contributed by atoms with van der Waals surface area (Å²) >= 11 is 0. The molecule has 0 radical (unpaired) electrons. The smallest absolute Gasteiger partial charge is 0.253 e. The third-order valence-corrected chi connectivity index (χ3v) is 4.01. The standard InChI is InChI=1S/C17H20N2O4S/c1-12(13-8-5-7-11-16(13)23-2)18-17(20)14-9-4-6-10-15(14)19-24(3,21)22/h4-12,19H,1-3H3,(H,18,20)/t12-/m0/s1. The van der Waals surface area contributed by atoms with E-state index in [-0.39, 0.29) is 23.2 Å². The van der Waals surface area contributed by atoms with Crippen LogP contribution in [0.2, 0.25) is 0 Å². The normalized spacial score (nSPS) is 12.3. The molecule has 0 aliphatic carbocycles. The number of rotatable bonds is 6. The Morgan fingerprint density at radius 1 is 1.08 bits per heavy atom. The Morgan fingerprint density at radius 3 is 2.38 bits per heavy atom. The molecule has 1 amide bonds. The largest absolute Gasteiger partial charge is 0.496 e. The number of anilines is 1. The molecule has 0 unspecified atom stereocenters. The van der Waals surface area contributed by atoms with E-state index in [1.807, 2.05) is 31.2 Å². The van der Waals surface area contributed by atoms with Crippen LogP contribution in [0.25, 0.3) is 0 Å². The van der Waals surface area contributed by atoms with E-state index in [0.29, 0.717) is 5.75 Å². The monoisotopic (exact) mass is 348 g/mol. The molecule has 128 valence electrons. The summed E-state index contributed by atoms with van der Waals surface area (Å²) < 4.78 is 30.5. The SMILES string of the molecule is COc1ccccc1[C@H](C)NC(=O)c1ccccc1NS(C)(=O)=O.